The molecule has 0 saturated carbocycles. The average molecular weight is 261 g/mol. The molecule has 0 unspecified atom stereocenters. The van der Waals surface area contributed by atoms with Crippen LogP contribution in [0.25, 0.3) is 0 Å². The summed E-state index contributed by atoms with van der Waals surface area (Å²) in [5.41, 5.74) is -0.106. The van der Waals surface area contributed by atoms with Crippen molar-refractivity contribution in [1.82, 2.24) is 0 Å². The minimum atomic E-state index is -0.977. The second-order valence-corrected chi connectivity index (χ2v) is 5.14. The van der Waals surface area contributed by atoms with Gasteiger partial charge in [0.2, 0.25) is 5.90 Å². The van der Waals surface area contributed by atoms with Crippen molar-refractivity contribution in [3.8, 4) is 0 Å². The molecule has 1 aliphatic rings. The summed E-state index contributed by atoms with van der Waals surface area (Å²) in [6.07, 6.45) is -0.499. The second kappa shape index (κ2) is 5.03. The van der Waals surface area contributed by atoms with Gasteiger partial charge < -0.3 is 9.47 Å². The van der Waals surface area contributed by atoms with E-state index in [9.17, 15) is 4.79 Å². The molecule has 0 radical (unpaired) electrons. The van der Waals surface area contributed by atoms with Gasteiger partial charge in [0.1, 0.15) is 6.10 Å². The lowest BCUT2D eigenvalue weighted by atomic mass is 9.98. The maximum atomic E-state index is 12.2. The Kier molecular flexibility index (Phi) is 3.60. The fraction of sp³-hybridized carbons (Fsp3) is 0.467. The van der Waals surface area contributed by atoms with Crippen LogP contribution < -0.4 is 0 Å². The van der Waals surface area contributed by atoms with Gasteiger partial charge in [0.15, 0.2) is 5.54 Å². The van der Waals surface area contributed by atoms with Crippen LogP contribution in [0.4, 0.5) is 0 Å². The Bertz CT molecular complexity index is 495. The number of ether oxygens (including phenoxy) is 2. The summed E-state index contributed by atoms with van der Waals surface area (Å²) < 4.78 is 11.0. The number of rotatable bonds is 3. The molecular weight excluding hydrogens is 242 g/mol. The van der Waals surface area contributed by atoms with Crippen molar-refractivity contribution in [3.63, 3.8) is 0 Å². The highest BCUT2D eigenvalue weighted by Crippen LogP contribution is 2.29. The van der Waals surface area contributed by atoms with Gasteiger partial charge in [-0.1, -0.05) is 18.2 Å². The molecule has 102 valence electrons. The zero-order valence-corrected chi connectivity index (χ0v) is 11.7. The molecule has 0 bridgehead atoms. The Morgan fingerprint density at radius 2 is 2.00 bits per heavy atom. The minimum absolute atomic E-state index is 0.160. The molecule has 2 atom stereocenters. The van der Waals surface area contributed by atoms with Crippen molar-refractivity contribution in [2.24, 2.45) is 4.99 Å². The van der Waals surface area contributed by atoms with E-state index in [4.69, 9.17) is 9.47 Å². The lowest BCUT2D eigenvalue weighted by Crippen LogP contribution is -2.43. The summed E-state index contributed by atoms with van der Waals surface area (Å²) in [7, 11) is 0. The third-order valence-electron chi connectivity index (χ3n) is 3.19. The Balaban J connectivity index is 2.27. The first-order valence-electron chi connectivity index (χ1n) is 6.46. The molecule has 1 aromatic rings. The molecule has 2 rings (SSSR count). The Morgan fingerprint density at radius 3 is 2.58 bits per heavy atom. The summed E-state index contributed by atoms with van der Waals surface area (Å²) in [5.74, 6) is 0.150. The SMILES string of the molecule is CC(C)OC(=O)[C@]1(C)N=C(c2ccccc2)O[C@H]1C. The number of carbonyl (C=O) groups is 1. The van der Waals surface area contributed by atoms with Gasteiger partial charge in [-0.15, -0.1) is 0 Å². The van der Waals surface area contributed by atoms with Crippen LogP contribution in [0.5, 0.6) is 0 Å². The maximum absolute atomic E-state index is 12.2. The first-order chi connectivity index (χ1) is 8.93. The van der Waals surface area contributed by atoms with E-state index in [1.54, 1.807) is 6.92 Å². The van der Waals surface area contributed by atoms with Gasteiger partial charge in [-0.05, 0) is 39.8 Å². The Labute approximate surface area is 113 Å². The second-order valence-electron chi connectivity index (χ2n) is 5.14. The van der Waals surface area contributed by atoms with Crippen LogP contribution in [0.3, 0.4) is 0 Å². The molecule has 1 heterocycles. The van der Waals surface area contributed by atoms with Crippen molar-refractivity contribution >= 4 is 11.9 Å². The average Bonchev–Trinajstić information content (AvgIpc) is 2.67. The Morgan fingerprint density at radius 1 is 1.37 bits per heavy atom. The molecule has 4 heteroatoms. The van der Waals surface area contributed by atoms with Crippen LogP contribution >= 0.6 is 0 Å². The van der Waals surface area contributed by atoms with E-state index in [0.717, 1.165) is 5.56 Å². The van der Waals surface area contributed by atoms with Crippen molar-refractivity contribution in [2.75, 3.05) is 0 Å². The van der Waals surface area contributed by atoms with Gasteiger partial charge in [-0.2, -0.15) is 0 Å². The third kappa shape index (κ3) is 2.62. The van der Waals surface area contributed by atoms with E-state index in [-0.39, 0.29) is 18.2 Å². The van der Waals surface area contributed by atoms with Crippen LogP contribution in [0.2, 0.25) is 0 Å². The molecule has 4 nitrogen and oxygen atoms in total. The van der Waals surface area contributed by atoms with Crippen LogP contribution in [0.1, 0.15) is 33.3 Å². The van der Waals surface area contributed by atoms with Crippen LogP contribution in [-0.2, 0) is 14.3 Å². The van der Waals surface area contributed by atoms with Crippen LogP contribution in [0.15, 0.2) is 35.3 Å². The van der Waals surface area contributed by atoms with Crippen molar-refractivity contribution in [2.45, 2.75) is 45.4 Å². The fourth-order valence-electron chi connectivity index (χ4n) is 1.87. The molecule has 0 N–H and O–H groups in total. The molecule has 1 aromatic carbocycles. The van der Waals surface area contributed by atoms with E-state index < -0.39 is 5.54 Å². The van der Waals surface area contributed by atoms with E-state index in [1.165, 1.54) is 0 Å². The highest BCUT2D eigenvalue weighted by molar-refractivity contribution is 5.99. The maximum Gasteiger partial charge on any atom is 0.338 e. The molecule has 0 amide bonds. The van der Waals surface area contributed by atoms with Gasteiger partial charge in [-0.25, -0.2) is 9.79 Å². The van der Waals surface area contributed by atoms with Crippen molar-refractivity contribution < 1.29 is 14.3 Å². The highest BCUT2D eigenvalue weighted by Gasteiger charge is 2.47. The summed E-state index contributed by atoms with van der Waals surface area (Å²) in [4.78, 5) is 16.6. The van der Waals surface area contributed by atoms with Gasteiger partial charge >= 0.3 is 5.97 Å². The summed E-state index contributed by atoms with van der Waals surface area (Å²) in [5, 5.41) is 0. The quantitative estimate of drug-likeness (QED) is 0.786. The number of carbonyl (C=O) groups excluding carboxylic acids is 1. The Hall–Kier alpha value is -1.84. The summed E-state index contributed by atoms with van der Waals surface area (Å²) in [6, 6.07) is 9.56. The largest absolute Gasteiger partial charge is 0.471 e. The summed E-state index contributed by atoms with van der Waals surface area (Å²) in [6.45, 7) is 7.23. The minimum Gasteiger partial charge on any atom is -0.471 e. The topological polar surface area (TPSA) is 47.9 Å². The molecule has 0 saturated heterocycles. The van der Waals surface area contributed by atoms with E-state index in [2.05, 4.69) is 4.99 Å². The van der Waals surface area contributed by atoms with E-state index >= 15 is 0 Å². The molecular formula is C15H19NO3. The number of nitrogens with zero attached hydrogens (tertiary/aromatic N) is 1. The number of aliphatic imine (C=N–C) groups is 1. The molecule has 0 aromatic heterocycles. The van der Waals surface area contributed by atoms with Gasteiger partial charge in [0.05, 0.1) is 6.10 Å². The van der Waals surface area contributed by atoms with Gasteiger partial charge in [-0.3, -0.25) is 0 Å². The number of hydrogen-bond acceptors (Lipinski definition) is 4. The predicted molar refractivity (Wildman–Crippen MR) is 73.2 cm³/mol. The summed E-state index contributed by atoms with van der Waals surface area (Å²) >= 11 is 0. The standard InChI is InChI=1S/C15H19NO3/c1-10(2)18-14(17)15(4)11(3)19-13(16-15)12-8-6-5-7-9-12/h5-11H,1-4H3/t11-,15+/m0/s1. The lowest BCUT2D eigenvalue weighted by molar-refractivity contribution is -0.155. The first kappa shape index (κ1) is 13.6. The fourth-order valence-corrected chi connectivity index (χ4v) is 1.87. The van der Waals surface area contributed by atoms with E-state index in [0.29, 0.717) is 5.90 Å². The zero-order valence-electron chi connectivity index (χ0n) is 11.7. The van der Waals surface area contributed by atoms with E-state index in [1.807, 2.05) is 51.1 Å². The van der Waals surface area contributed by atoms with Crippen LogP contribution in [-0.4, -0.2) is 29.6 Å². The molecule has 0 spiro atoms. The number of benzene rings is 1. The lowest BCUT2D eigenvalue weighted by Gasteiger charge is -2.23. The smallest absolute Gasteiger partial charge is 0.338 e. The first-order valence-corrected chi connectivity index (χ1v) is 6.46. The molecule has 19 heavy (non-hydrogen) atoms. The zero-order chi connectivity index (χ0) is 14.0. The van der Waals surface area contributed by atoms with Gasteiger partial charge in [0.25, 0.3) is 0 Å². The highest BCUT2D eigenvalue weighted by atomic mass is 16.6. The monoisotopic (exact) mass is 261 g/mol. The van der Waals surface area contributed by atoms with Gasteiger partial charge in [0, 0.05) is 5.56 Å². The predicted octanol–water partition coefficient (Wildman–Crippen LogP) is 2.56. The molecule has 1 aliphatic heterocycles. The normalized spacial score (nSPS) is 25.9. The number of hydrogen-bond donors (Lipinski definition) is 0. The molecule has 0 aliphatic carbocycles. The third-order valence-corrected chi connectivity index (χ3v) is 3.19. The van der Waals surface area contributed by atoms with Crippen molar-refractivity contribution in [3.05, 3.63) is 35.9 Å². The van der Waals surface area contributed by atoms with Crippen LogP contribution in [0, 0.1) is 0 Å². The number of esters is 1. The molecule has 0 fully saturated rings. The van der Waals surface area contributed by atoms with Crippen molar-refractivity contribution in [1.29, 1.82) is 0 Å².